The Kier molecular flexibility index (Phi) is 3.61. The minimum Gasteiger partial charge on any atom is -0.321 e. The summed E-state index contributed by atoms with van der Waals surface area (Å²) in [5.74, 6) is 0.180. The Morgan fingerprint density at radius 2 is 2.14 bits per heavy atom. The van der Waals surface area contributed by atoms with Gasteiger partial charge in [-0.1, -0.05) is 5.21 Å². The number of nitrogens with zero attached hydrogens (tertiary/aromatic N) is 4. The highest BCUT2D eigenvalue weighted by Crippen LogP contribution is 2.29. The number of carbonyl (C=O) groups excluding carboxylic acids is 2. The van der Waals surface area contributed by atoms with Crippen LogP contribution in [0.2, 0.25) is 0 Å². The fourth-order valence-corrected chi connectivity index (χ4v) is 2.07. The predicted octanol–water partition coefficient (Wildman–Crippen LogP) is 0.605. The molecule has 0 radical (unpaired) electrons. The number of anilines is 2. The maximum atomic E-state index is 12.0. The number of amides is 2. The lowest BCUT2D eigenvalue weighted by molar-refractivity contribution is -0.117. The van der Waals surface area contributed by atoms with Crippen LogP contribution in [-0.4, -0.2) is 37.0 Å². The highest BCUT2D eigenvalue weighted by molar-refractivity contribution is 5.93. The van der Waals surface area contributed by atoms with Crippen LogP contribution in [0.5, 0.6) is 0 Å². The summed E-state index contributed by atoms with van der Waals surface area (Å²) in [7, 11) is 0. The first-order chi connectivity index (χ1) is 10.5. The molecule has 1 fully saturated rings. The number of aryl methyl sites for hydroxylation is 2. The summed E-state index contributed by atoms with van der Waals surface area (Å²) in [6.45, 7) is 3.65. The van der Waals surface area contributed by atoms with Gasteiger partial charge in [0.15, 0.2) is 5.82 Å². The van der Waals surface area contributed by atoms with Crippen molar-refractivity contribution in [2.45, 2.75) is 33.2 Å². The summed E-state index contributed by atoms with van der Waals surface area (Å²) < 4.78 is 1.38. The van der Waals surface area contributed by atoms with E-state index in [2.05, 4.69) is 31.1 Å². The van der Waals surface area contributed by atoms with E-state index in [-0.39, 0.29) is 24.3 Å². The first kappa shape index (κ1) is 14.2. The molecule has 0 spiro atoms. The van der Waals surface area contributed by atoms with Gasteiger partial charge in [0.2, 0.25) is 11.8 Å². The van der Waals surface area contributed by atoms with E-state index in [1.807, 2.05) is 6.92 Å². The summed E-state index contributed by atoms with van der Waals surface area (Å²) in [6, 6.07) is 0. The molecule has 2 amide bonds. The molecule has 2 heterocycles. The van der Waals surface area contributed by atoms with Crippen LogP contribution in [-0.2, 0) is 16.1 Å². The van der Waals surface area contributed by atoms with Crippen LogP contribution in [0.1, 0.15) is 24.2 Å². The van der Waals surface area contributed by atoms with E-state index >= 15 is 0 Å². The van der Waals surface area contributed by atoms with E-state index in [0.29, 0.717) is 11.5 Å². The molecule has 0 aromatic carbocycles. The maximum Gasteiger partial charge on any atom is 0.246 e. The first-order valence-corrected chi connectivity index (χ1v) is 7.05. The Labute approximate surface area is 126 Å². The summed E-state index contributed by atoms with van der Waals surface area (Å²) in [5.41, 5.74) is 2.19. The molecule has 9 nitrogen and oxygen atoms in total. The minimum atomic E-state index is -0.238. The van der Waals surface area contributed by atoms with Crippen molar-refractivity contribution in [1.82, 2.24) is 25.2 Å². The highest BCUT2D eigenvalue weighted by Gasteiger charge is 2.30. The SMILES string of the molecule is Cc1n[nH]c(C)c1NC(=O)Cn1cc(NC(=O)C2CC2)nn1. The quantitative estimate of drug-likeness (QED) is 0.748. The van der Waals surface area contributed by atoms with Gasteiger partial charge in [-0.05, 0) is 26.7 Å². The van der Waals surface area contributed by atoms with E-state index in [0.717, 1.165) is 24.2 Å². The summed E-state index contributed by atoms with van der Waals surface area (Å²) in [6.07, 6.45) is 3.38. The summed E-state index contributed by atoms with van der Waals surface area (Å²) >= 11 is 0. The normalized spacial score (nSPS) is 13.9. The number of nitrogens with one attached hydrogen (secondary N) is 3. The topological polar surface area (TPSA) is 118 Å². The highest BCUT2D eigenvalue weighted by atomic mass is 16.2. The molecule has 2 aromatic heterocycles. The molecule has 0 saturated heterocycles. The molecule has 1 aliphatic carbocycles. The molecule has 116 valence electrons. The van der Waals surface area contributed by atoms with Crippen molar-refractivity contribution in [3.63, 3.8) is 0 Å². The Morgan fingerprint density at radius 3 is 2.77 bits per heavy atom. The van der Waals surface area contributed by atoms with E-state index in [1.54, 1.807) is 6.92 Å². The summed E-state index contributed by atoms with van der Waals surface area (Å²) in [4.78, 5) is 23.6. The third kappa shape index (κ3) is 3.13. The molecule has 2 aromatic rings. The third-order valence-corrected chi connectivity index (χ3v) is 3.44. The molecule has 3 N–H and O–H groups in total. The molecule has 0 atom stereocenters. The van der Waals surface area contributed by atoms with Gasteiger partial charge in [0, 0.05) is 5.92 Å². The van der Waals surface area contributed by atoms with Crippen LogP contribution in [0.25, 0.3) is 0 Å². The zero-order chi connectivity index (χ0) is 15.7. The third-order valence-electron chi connectivity index (χ3n) is 3.44. The lowest BCUT2D eigenvalue weighted by Gasteiger charge is -2.04. The molecule has 3 rings (SSSR count). The molecule has 9 heteroatoms. The van der Waals surface area contributed by atoms with Crippen molar-refractivity contribution in [3.8, 4) is 0 Å². The summed E-state index contributed by atoms with van der Waals surface area (Å²) in [5, 5.41) is 19.9. The minimum absolute atomic E-state index is 0.0103. The second-order valence-corrected chi connectivity index (χ2v) is 5.42. The van der Waals surface area contributed by atoms with Crippen molar-refractivity contribution in [3.05, 3.63) is 17.6 Å². The van der Waals surface area contributed by atoms with Crippen molar-refractivity contribution in [1.29, 1.82) is 0 Å². The predicted molar refractivity (Wildman–Crippen MR) is 78.1 cm³/mol. The van der Waals surface area contributed by atoms with Crippen LogP contribution < -0.4 is 10.6 Å². The van der Waals surface area contributed by atoms with Crippen molar-refractivity contribution < 1.29 is 9.59 Å². The number of hydrogen-bond donors (Lipinski definition) is 3. The van der Waals surface area contributed by atoms with Gasteiger partial charge in [-0.3, -0.25) is 14.7 Å². The van der Waals surface area contributed by atoms with Crippen LogP contribution >= 0.6 is 0 Å². The number of rotatable bonds is 5. The number of aromatic nitrogens is 5. The molecule has 1 aliphatic rings. The Bertz CT molecular complexity index is 694. The molecule has 0 unspecified atom stereocenters. The van der Waals surface area contributed by atoms with Crippen molar-refractivity contribution in [2.24, 2.45) is 5.92 Å². The average molecular weight is 303 g/mol. The molecule has 0 bridgehead atoms. The van der Waals surface area contributed by atoms with Gasteiger partial charge >= 0.3 is 0 Å². The second kappa shape index (κ2) is 5.58. The Balaban J connectivity index is 1.57. The second-order valence-electron chi connectivity index (χ2n) is 5.42. The van der Waals surface area contributed by atoms with Gasteiger partial charge in [-0.15, -0.1) is 5.10 Å². The van der Waals surface area contributed by atoms with Crippen molar-refractivity contribution in [2.75, 3.05) is 10.6 Å². The van der Waals surface area contributed by atoms with Gasteiger partial charge in [-0.2, -0.15) is 5.10 Å². The van der Waals surface area contributed by atoms with E-state index in [9.17, 15) is 9.59 Å². The molecule has 22 heavy (non-hydrogen) atoms. The van der Waals surface area contributed by atoms with Gasteiger partial charge in [0.05, 0.1) is 23.3 Å². The lowest BCUT2D eigenvalue weighted by Crippen LogP contribution is -2.19. The fraction of sp³-hybridized carbons (Fsp3) is 0.462. The number of H-pyrrole nitrogens is 1. The fourth-order valence-electron chi connectivity index (χ4n) is 2.07. The standard InChI is InChI=1S/C13H17N7O2/c1-7-12(8(2)17-16-7)15-11(21)6-20-5-10(18-19-20)14-13(22)9-3-4-9/h5,9H,3-4,6H2,1-2H3,(H,14,22)(H,15,21)(H,16,17). The monoisotopic (exact) mass is 303 g/mol. The smallest absolute Gasteiger partial charge is 0.246 e. The van der Waals surface area contributed by atoms with Crippen molar-refractivity contribution >= 4 is 23.3 Å². The average Bonchev–Trinajstić information content (AvgIpc) is 3.18. The number of aromatic amines is 1. The largest absolute Gasteiger partial charge is 0.321 e. The maximum absolute atomic E-state index is 12.0. The number of hydrogen-bond acceptors (Lipinski definition) is 5. The zero-order valence-corrected chi connectivity index (χ0v) is 12.4. The van der Waals surface area contributed by atoms with Crippen LogP contribution in [0.3, 0.4) is 0 Å². The zero-order valence-electron chi connectivity index (χ0n) is 12.4. The van der Waals surface area contributed by atoms with Crippen LogP contribution in [0.4, 0.5) is 11.5 Å². The molecular formula is C13H17N7O2. The Morgan fingerprint density at radius 1 is 1.36 bits per heavy atom. The lowest BCUT2D eigenvalue weighted by atomic mass is 10.3. The molecule has 1 saturated carbocycles. The van der Waals surface area contributed by atoms with Gasteiger partial charge in [-0.25, -0.2) is 4.68 Å². The van der Waals surface area contributed by atoms with E-state index in [1.165, 1.54) is 10.9 Å². The Hall–Kier alpha value is -2.71. The first-order valence-electron chi connectivity index (χ1n) is 7.05. The molecular weight excluding hydrogens is 286 g/mol. The van der Waals surface area contributed by atoms with E-state index in [4.69, 9.17) is 0 Å². The van der Waals surface area contributed by atoms with Crippen LogP contribution in [0.15, 0.2) is 6.20 Å². The number of carbonyl (C=O) groups is 2. The van der Waals surface area contributed by atoms with Gasteiger partial charge in [0.25, 0.3) is 0 Å². The van der Waals surface area contributed by atoms with Gasteiger partial charge < -0.3 is 10.6 Å². The van der Waals surface area contributed by atoms with Crippen LogP contribution in [0, 0.1) is 19.8 Å². The van der Waals surface area contributed by atoms with E-state index < -0.39 is 0 Å². The van der Waals surface area contributed by atoms with Gasteiger partial charge in [0.1, 0.15) is 6.54 Å². The molecule has 0 aliphatic heterocycles.